The molecule has 0 spiro atoms. The van der Waals surface area contributed by atoms with Crippen molar-refractivity contribution in [3.63, 3.8) is 0 Å². The molecule has 0 aliphatic heterocycles. The minimum absolute atomic E-state index is 0.0396. The molecule has 0 radical (unpaired) electrons. The molecular formula is C26H26F4N4O5. The summed E-state index contributed by atoms with van der Waals surface area (Å²) in [4.78, 5) is 29.9. The predicted molar refractivity (Wildman–Crippen MR) is 130 cm³/mol. The van der Waals surface area contributed by atoms with E-state index in [1.54, 1.807) is 0 Å². The first kappa shape index (κ1) is 27.9. The molecule has 2 amide bonds. The first-order valence-corrected chi connectivity index (χ1v) is 12.0. The number of likely N-dealkylation sites (N-methyl/N-ethyl adjacent to an activating group) is 1. The molecule has 1 saturated carbocycles. The number of nitrogens with one attached hydrogen (secondary N) is 2. The first-order chi connectivity index (χ1) is 18.6. The third kappa shape index (κ3) is 6.66. The second-order valence-electron chi connectivity index (χ2n) is 9.00. The third-order valence-corrected chi connectivity index (χ3v) is 5.92. The molecule has 0 unspecified atom stereocenters. The lowest BCUT2D eigenvalue weighted by molar-refractivity contribution is -0.122. The van der Waals surface area contributed by atoms with Crippen LogP contribution in [0, 0.1) is 17.6 Å². The molecule has 1 aromatic heterocycles. The first-order valence-electron chi connectivity index (χ1n) is 12.0. The molecular weight excluding hydrogens is 524 g/mol. The second kappa shape index (κ2) is 11.7. The highest BCUT2D eigenvalue weighted by molar-refractivity contribution is 5.97. The summed E-state index contributed by atoms with van der Waals surface area (Å²) in [6.07, 6.45) is 1.94. The minimum Gasteiger partial charge on any atom is -0.489 e. The van der Waals surface area contributed by atoms with Gasteiger partial charge in [0, 0.05) is 24.2 Å². The maximum absolute atomic E-state index is 14.5. The zero-order valence-electron chi connectivity index (χ0n) is 21.0. The Morgan fingerprint density at radius 1 is 1.15 bits per heavy atom. The van der Waals surface area contributed by atoms with Crippen LogP contribution < -0.4 is 25.8 Å². The molecule has 0 saturated heterocycles. The molecule has 0 bridgehead atoms. The Bertz CT molecular complexity index is 1360. The zero-order chi connectivity index (χ0) is 28.3. The Balaban J connectivity index is 1.66. The minimum atomic E-state index is -3.07. The molecule has 4 rings (SSSR count). The van der Waals surface area contributed by atoms with Gasteiger partial charge in [-0.2, -0.15) is 8.78 Å². The highest BCUT2D eigenvalue weighted by Crippen LogP contribution is 2.37. The molecule has 39 heavy (non-hydrogen) atoms. The SMILES string of the molecule is CNC(=O)[C@@H](NC(=O)c1nc(-c2ccc(OC(F)F)c(OCC3CC3)c2)oc1[C@H](C)N)c1ccc(F)cc1F. The molecule has 1 aliphatic rings. The van der Waals surface area contributed by atoms with E-state index in [1.165, 1.54) is 32.2 Å². The van der Waals surface area contributed by atoms with E-state index >= 15 is 0 Å². The summed E-state index contributed by atoms with van der Waals surface area (Å²) >= 11 is 0. The van der Waals surface area contributed by atoms with Crippen molar-refractivity contribution in [3.8, 4) is 23.0 Å². The number of benzene rings is 2. The van der Waals surface area contributed by atoms with Crippen LogP contribution in [0.5, 0.6) is 11.5 Å². The van der Waals surface area contributed by atoms with Crippen molar-refractivity contribution in [3.05, 3.63) is 65.1 Å². The number of carbonyl (C=O) groups excluding carboxylic acids is 2. The number of nitrogens with two attached hydrogens (primary N) is 1. The number of aromatic nitrogens is 1. The van der Waals surface area contributed by atoms with Crippen LogP contribution in [0.1, 0.15) is 53.7 Å². The van der Waals surface area contributed by atoms with Gasteiger partial charge in [-0.25, -0.2) is 13.8 Å². The van der Waals surface area contributed by atoms with Gasteiger partial charge in [-0.15, -0.1) is 0 Å². The fourth-order valence-electron chi connectivity index (χ4n) is 3.73. The van der Waals surface area contributed by atoms with Gasteiger partial charge in [0.2, 0.25) is 11.8 Å². The molecule has 2 aromatic carbocycles. The van der Waals surface area contributed by atoms with Crippen LogP contribution in [0.25, 0.3) is 11.5 Å². The van der Waals surface area contributed by atoms with E-state index in [4.69, 9.17) is 14.9 Å². The van der Waals surface area contributed by atoms with E-state index < -0.39 is 42.1 Å². The number of hydrogen-bond acceptors (Lipinski definition) is 7. The monoisotopic (exact) mass is 550 g/mol. The molecule has 1 aliphatic carbocycles. The lowest BCUT2D eigenvalue weighted by atomic mass is 10.0. The van der Waals surface area contributed by atoms with E-state index in [-0.39, 0.29) is 40.0 Å². The van der Waals surface area contributed by atoms with Crippen LogP contribution in [0.3, 0.4) is 0 Å². The van der Waals surface area contributed by atoms with Gasteiger partial charge < -0.3 is 30.3 Å². The molecule has 13 heteroatoms. The molecule has 3 aromatic rings. The van der Waals surface area contributed by atoms with E-state index in [9.17, 15) is 27.2 Å². The summed E-state index contributed by atoms with van der Waals surface area (Å²) in [5, 5.41) is 4.70. The molecule has 4 N–H and O–H groups in total. The Morgan fingerprint density at radius 2 is 1.90 bits per heavy atom. The number of alkyl halides is 2. The van der Waals surface area contributed by atoms with Crippen LogP contribution >= 0.6 is 0 Å². The number of nitrogens with zero attached hydrogens (tertiary/aromatic N) is 1. The second-order valence-corrected chi connectivity index (χ2v) is 9.00. The summed E-state index contributed by atoms with van der Waals surface area (Å²) in [5.74, 6) is -3.54. The van der Waals surface area contributed by atoms with Gasteiger partial charge in [0.15, 0.2) is 23.0 Å². The van der Waals surface area contributed by atoms with Crippen LogP contribution in [0.15, 0.2) is 40.8 Å². The smallest absolute Gasteiger partial charge is 0.387 e. The fraction of sp³-hybridized carbons (Fsp3) is 0.346. The number of oxazole rings is 1. The molecule has 2 atom stereocenters. The fourth-order valence-corrected chi connectivity index (χ4v) is 3.73. The third-order valence-electron chi connectivity index (χ3n) is 5.92. The maximum atomic E-state index is 14.5. The normalized spacial score (nSPS) is 14.6. The number of rotatable bonds is 11. The Labute approximate surface area is 220 Å². The van der Waals surface area contributed by atoms with Crippen molar-refractivity contribution in [1.29, 1.82) is 0 Å². The number of carbonyl (C=O) groups is 2. The number of hydrogen-bond donors (Lipinski definition) is 3. The Hall–Kier alpha value is -4.13. The zero-order valence-corrected chi connectivity index (χ0v) is 21.0. The average molecular weight is 551 g/mol. The highest BCUT2D eigenvalue weighted by Gasteiger charge is 2.30. The lowest BCUT2D eigenvalue weighted by Gasteiger charge is -2.18. The summed E-state index contributed by atoms with van der Waals surface area (Å²) in [7, 11) is 1.29. The van der Waals surface area contributed by atoms with Gasteiger partial charge in [0.25, 0.3) is 5.91 Å². The summed E-state index contributed by atoms with van der Waals surface area (Å²) in [6.45, 7) is -1.23. The van der Waals surface area contributed by atoms with Crippen LogP contribution in [0.2, 0.25) is 0 Å². The maximum Gasteiger partial charge on any atom is 0.387 e. The van der Waals surface area contributed by atoms with Crippen LogP contribution in [-0.2, 0) is 4.79 Å². The quantitative estimate of drug-likeness (QED) is 0.305. The van der Waals surface area contributed by atoms with Crippen molar-refractivity contribution in [2.75, 3.05) is 13.7 Å². The van der Waals surface area contributed by atoms with Crippen molar-refractivity contribution in [2.45, 2.75) is 38.5 Å². The predicted octanol–water partition coefficient (Wildman–Crippen LogP) is 4.25. The van der Waals surface area contributed by atoms with Crippen molar-refractivity contribution in [1.82, 2.24) is 15.6 Å². The number of ether oxygens (including phenoxy) is 2. The van der Waals surface area contributed by atoms with Crippen LogP contribution in [-0.4, -0.2) is 37.1 Å². The number of amides is 2. The lowest BCUT2D eigenvalue weighted by Crippen LogP contribution is -2.40. The van der Waals surface area contributed by atoms with E-state index in [0.717, 1.165) is 25.0 Å². The molecule has 1 heterocycles. The molecule has 9 nitrogen and oxygen atoms in total. The average Bonchev–Trinajstić information content (AvgIpc) is 3.61. The van der Waals surface area contributed by atoms with E-state index in [1.807, 2.05) is 0 Å². The largest absolute Gasteiger partial charge is 0.489 e. The molecule has 208 valence electrons. The summed E-state index contributed by atoms with van der Waals surface area (Å²) in [6, 6.07) is 4.25. The van der Waals surface area contributed by atoms with Gasteiger partial charge in [-0.05, 0) is 49.9 Å². The van der Waals surface area contributed by atoms with Crippen molar-refractivity contribution in [2.24, 2.45) is 11.7 Å². The van der Waals surface area contributed by atoms with Gasteiger partial charge in [-0.3, -0.25) is 9.59 Å². The van der Waals surface area contributed by atoms with Gasteiger partial charge >= 0.3 is 6.61 Å². The van der Waals surface area contributed by atoms with E-state index in [0.29, 0.717) is 18.6 Å². The van der Waals surface area contributed by atoms with Crippen molar-refractivity contribution >= 4 is 11.8 Å². The summed E-state index contributed by atoms with van der Waals surface area (Å²) in [5.41, 5.74) is 5.70. The summed E-state index contributed by atoms with van der Waals surface area (Å²) < 4.78 is 69.6. The Morgan fingerprint density at radius 3 is 2.51 bits per heavy atom. The highest BCUT2D eigenvalue weighted by atomic mass is 19.3. The topological polar surface area (TPSA) is 129 Å². The van der Waals surface area contributed by atoms with Crippen LogP contribution in [0.4, 0.5) is 17.6 Å². The van der Waals surface area contributed by atoms with Gasteiger partial charge in [0.1, 0.15) is 17.7 Å². The number of halogens is 4. The van der Waals surface area contributed by atoms with Gasteiger partial charge in [0.05, 0.1) is 12.6 Å². The Kier molecular flexibility index (Phi) is 8.38. The van der Waals surface area contributed by atoms with Gasteiger partial charge in [-0.1, -0.05) is 6.07 Å². The van der Waals surface area contributed by atoms with E-state index in [2.05, 4.69) is 20.4 Å². The molecule has 1 fully saturated rings. The van der Waals surface area contributed by atoms with Crippen molar-refractivity contribution < 1.29 is 41.0 Å². The standard InChI is InChI=1S/C26H26F4N4O5/c1-12(31)22-21(24(36)33-20(23(35)32-2)16-7-6-15(27)10-17(16)28)34-25(39-22)14-5-8-18(38-26(29)30)19(9-14)37-11-13-3-4-13/h5-10,12-13,20,26H,3-4,11,31H2,1-2H3,(H,32,35)(H,33,36)/t12-,20-/m0/s1.